The van der Waals surface area contributed by atoms with Gasteiger partial charge in [-0.05, 0) is 25.0 Å². The number of hydrogen-bond acceptors (Lipinski definition) is 4. The first-order valence-electron chi connectivity index (χ1n) is 6.87. The van der Waals surface area contributed by atoms with Crippen molar-refractivity contribution < 1.29 is 13.7 Å². The van der Waals surface area contributed by atoms with Gasteiger partial charge in [0.2, 0.25) is 11.7 Å². The van der Waals surface area contributed by atoms with Crippen LogP contribution in [0.15, 0.2) is 28.8 Å². The van der Waals surface area contributed by atoms with Gasteiger partial charge in [-0.2, -0.15) is 4.98 Å². The number of ketones is 1. The van der Waals surface area contributed by atoms with Crippen LogP contribution in [0.1, 0.15) is 43.9 Å². The molecule has 0 N–H and O–H groups in total. The smallest absolute Gasteiger partial charge is 0.237 e. The van der Waals surface area contributed by atoms with E-state index < -0.39 is 5.82 Å². The van der Waals surface area contributed by atoms with Crippen molar-refractivity contribution in [2.75, 3.05) is 0 Å². The summed E-state index contributed by atoms with van der Waals surface area (Å²) in [6.45, 7) is 0. The topological polar surface area (TPSA) is 56.0 Å². The normalized spacial score (nSPS) is 19.9. The highest BCUT2D eigenvalue weighted by molar-refractivity contribution is 5.85. The van der Waals surface area contributed by atoms with Crippen LogP contribution >= 0.6 is 0 Å². The van der Waals surface area contributed by atoms with Crippen molar-refractivity contribution in [3.63, 3.8) is 0 Å². The molecule has 0 bridgehead atoms. The van der Waals surface area contributed by atoms with E-state index in [9.17, 15) is 9.18 Å². The highest BCUT2D eigenvalue weighted by atomic mass is 19.1. The first-order valence-corrected chi connectivity index (χ1v) is 6.87. The number of aromatic nitrogens is 2. The highest BCUT2D eigenvalue weighted by Gasteiger charge is 2.28. The van der Waals surface area contributed by atoms with Gasteiger partial charge in [0.1, 0.15) is 11.6 Å². The van der Waals surface area contributed by atoms with Gasteiger partial charge in [0.25, 0.3) is 0 Å². The summed E-state index contributed by atoms with van der Waals surface area (Å²) in [4.78, 5) is 16.2. The van der Waals surface area contributed by atoms with Gasteiger partial charge >= 0.3 is 0 Å². The Balaban J connectivity index is 1.90. The maximum atomic E-state index is 13.7. The molecule has 1 aliphatic carbocycles. The molecule has 1 aromatic heterocycles. The molecule has 1 heterocycles. The molecule has 0 aliphatic heterocycles. The lowest BCUT2D eigenvalue weighted by atomic mass is 9.99. The van der Waals surface area contributed by atoms with Crippen molar-refractivity contribution >= 4 is 5.78 Å². The summed E-state index contributed by atoms with van der Waals surface area (Å²) in [6, 6.07) is 6.26. The van der Waals surface area contributed by atoms with Crippen molar-refractivity contribution in [1.29, 1.82) is 0 Å². The van der Waals surface area contributed by atoms with E-state index in [1.807, 2.05) is 0 Å². The van der Waals surface area contributed by atoms with Gasteiger partial charge in [-0.1, -0.05) is 30.1 Å². The van der Waals surface area contributed by atoms with Crippen LogP contribution in [-0.4, -0.2) is 15.9 Å². The Morgan fingerprint density at radius 3 is 2.90 bits per heavy atom. The van der Waals surface area contributed by atoms with Crippen LogP contribution in [0.5, 0.6) is 0 Å². The van der Waals surface area contributed by atoms with Gasteiger partial charge in [-0.15, -0.1) is 0 Å². The minimum Gasteiger partial charge on any atom is -0.338 e. The third-order valence-corrected chi connectivity index (χ3v) is 3.66. The summed E-state index contributed by atoms with van der Waals surface area (Å²) in [5.41, 5.74) is 0.295. The van der Waals surface area contributed by atoms with Crippen molar-refractivity contribution in [2.45, 2.75) is 38.0 Å². The molecule has 0 radical (unpaired) electrons. The minimum absolute atomic E-state index is 0.145. The first-order chi connectivity index (χ1) is 9.75. The van der Waals surface area contributed by atoms with Crippen LogP contribution in [0, 0.1) is 5.82 Å². The molecule has 1 unspecified atom stereocenters. The summed E-state index contributed by atoms with van der Waals surface area (Å²) >= 11 is 0. The van der Waals surface area contributed by atoms with Crippen LogP contribution < -0.4 is 0 Å². The average molecular weight is 274 g/mol. The van der Waals surface area contributed by atoms with Gasteiger partial charge < -0.3 is 4.52 Å². The zero-order valence-corrected chi connectivity index (χ0v) is 11.0. The standard InChI is InChI=1S/C15H15FN2O2/c16-12-8-5-4-6-10(12)14-17-15(20-18-14)11-7-2-1-3-9-13(11)19/h4-6,8,11H,1-3,7,9H2. The van der Waals surface area contributed by atoms with E-state index in [0.29, 0.717) is 17.9 Å². The quantitative estimate of drug-likeness (QED) is 0.786. The fraction of sp³-hybridized carbons (Fsp3) is 0.400. The number of hydrogen-bond donors (Lipinski definition) is 0. The molecule has 20 heavy (non-hydrogen) atoms. The Bertz CT molecular complexity index is 624. The van der Waals surface area contributed by atoms with Gasteiger partial charge in [0.05, 0.1) is 11.5 Å². The average Bonchev–Trinajstić information content (AvgIpc) is 2.82. The summed E-state index contributed by atoms with van der Waals surface area (Å²) in [5, 5.41) is 3.81. The lowest BCUT2D eigenvalue weighted by Gasteiger charge is -2.06. The van der Waals surface area contributed by atoms with Crippen LogP contribution in [0.25, 0.3) is 11.4 Å². The Hall–Kier alpha value is -2.04. The molecule has 1 atom stereocenters. The molecule has 0 saturated heterocycles. The van der Waals surface area contributed by atoms with E-state index >= 15 is 0 Å². The monoisotopic (exact) mass is 274 g/mol. The van der Waals surface area contributed by atoms with E-state index in [-0.39, 0.29) is 17.5 Å². The van der Waals surface area contributed by atoms with Gasteiger partial charge in [0, 0.05) is 6.42 Å². The number of rotatable bonds is 2. The maximum Gasteiger partial charge on any atom is 0.237 e. The van der Waals surface area contributed by atoms with E-state index in [1.165, 1.54) is 6.07 Å². The molecule has 104 valence electrons. The zero-order chi connectivity index (χ0) is 13.9. The van der Waals surface area contributed by atoms with Crippen molar-refractivity contribution in [1.82, 2.24) is 10.1 Å². The predicted molar refractivity (Wildman–Crippen MR) is 70.5 cm³/mol. The SMILES string of the molecule is O=C1CCCCCC1c1nc(-c2ccccc2F)no1. The van der Waals surface area contributed by atoms with Crippen molar-refractivity contribution in [3.8, 4) is 11.4 Å². The van der Waals surface area contributed by atoms with Crippen LogP contribution in [0.2, 0.25) is 0 Å². The molecule has 2 aromatic rings. The largest absolute Gasteiger partial charge is 0.338 e. The summed E-state index contributed by atoms with van der Waals surface area (Å²) < 4.78 is 18.9. The second-order valence-electron chi connectivity index (χ2n) is 5.05. The fourth-order valence-electron chi connectivity index (χ4n) is 2.55. The van der Waals surface area contributed by atoms with Crippen LogP contribution in [0.4, 0.5) is 4.39 Å². The van der Waals surface area contributed by atoms with Crippen molar-refractivity contribution in [2.24, 2.45) is 0 Å². The Morgan fingerprint density at radius 2 is 2.05 bits per heavy atom. The molecule has 1 fully saturated rings. The molecular formula is C15H15FN2O2. The number of halogens is 1. The number of benzene rings is 1. The van der Waals surface area contributed by atoms with Crippen LogP contribution in [-0.2, 0) is 4.79 Å². The van der Waals surface area contributed by atoms with Gasteiger partial charge in [-0.3, -0.25) is 4.79 Å². The van der Waals surface area contributed by atoms with Gasteiger partial charge in [-0.25, -0.2) is 4.39 Å². The fourth-order valence-corrected chi connectivity index (χ4v) is 2.55. The maximum absolute atomic E-state index is 13.7. The summed E-state index contributed by atoms with van der Waals surface area (Å²) in [6.07, 6.45) is 4.24. The molecule has 0 amide bonds. The minimum atomic E-state index is -0.396. The number of carbonyl (C=O) groups is 1. The molecule has 4 nitrogen and oxygen atoms in total. The number of Topliss-reactive ketones (excluding diaryl/α,β-unsaturated/α-hetero) is 1. The van der Waals surface area contributed by atoms with E-state index in [4.69, 9.17) is 4.52 Å². The molecule has 1 saturated carbocycles. The second kappa shape index (κ2) is 5.53. The predicted octanol–water partition coefficient (Wildman–Crippen LogP) is 3.49. The van der Waals surface area contributed by atoms with E-state index in [0.717, 1.165) is 25.7 Å². The zero-order valence-electron chi connectivity index (χ0n) is 11.0. The number of carbonyl (C=O) groups excluding carboxylic acids is 1. The highest BCUT2D eigenvalue weighted by Crippen LogP contribution is 2.29. The van der Waals surface area contributed by atoms with E-state index in [2.05, 4.69) is 10.1 Å². The molecular weight excluding hydrogens is 259 g/mol. The Labute approximate surface area is 116 Å². The molecule has 1 aliphatic rings. The number of nitrogens with zero attached hydrogens (tertiary/aromatic N) is 2. The van der Waals surface area contributed by atoms with Gasteiger partial charge in [0.15, 0.2) is 0 Å². The summed E-state index contributed by atoms with van der Waals surface area (Å²) in [7, 11) is 0. The van der Waals surface area contributed by atoms with E-state index in [1.54, 1.807) is 18.2 Å². The second-order valence-corrected chi connectivity index (χ2v) is 5.05. The molecule has 0 spiro atoms. The molecule has 5 heteroatoms. The lowest BCUT2D eigenvalue weighted by Crippen LogP contribution is -2.10. The first kappa shape index (κ1) is 13.0. The molecule has 1 aromatic carbocycles. The van der Waals surface area contributed by atoms with Crippen molar-refractivity contribution in [3.05, 3.63) is 36.0 Å². The summed E-state index contributed by atoms with van der Waals surface area (Å²) in [5.74, 6) is -0.0610. The lowest BCUT2D eigenvalue weighted by molar-refractivity contribution is -0.120. The third-order valence-electron chi connectivity index (χ3n) is 3.66. The Morgan fingerprint density at radius 1 is 1.20 bits per heavy atom. The third kappa shape index (κ3) is 2.48. The molecule has 3 rings (SSSR count). The van der Waals surface area contributed by atoms with Crippen LogP contribution in [0.3, 0.4) is 0 Å². The Kier molecular flexibility index (Phi) is 3.58.